The van der Waals surface area contributed by atoms with Gasteiger partial charge in [0.25, 0.3) is 0 Å². The van der Waals surface area contributed by atoms with Crippen molar-refractivity contribution in [2.45, 2.75) is 13.8 Å². The zero-order chi connectivity index (χ0) is 34.5. The van der Waals surface area contributed by atoms with Crippen LogP contribution in [0.3, 0.4) is 0 Å². The summed E-state index contributed by atoms with van der Waals surface area (Å²) >= 11 is 0. The van der Waals surface area contributed by atoms with E-state index in [1.54, 1.807) is 50.2 Å². The second kappa shape index (κ2) is 12.0. The number of Topliss-reactive ketones (excluding diaryl/α,β-unsaturated/α-hetero) is 2. The Bertz CT molecular complexity index is 2500. The van der Waals surface area contributed by atoms with Crippen molar-refractivity contribution in [2.75, 3.05) is 0 Å². The van der Waals surface area contributed by atoms with Crippen molar-refractivity contribution in [1.29, 1.82) is 0 Å². The highest BCUT2D eigenvalue weighted by Gasteiger charge is 2.36. The number of benzene rings is 5. The molecule has 0 saturated carbocycles. The Morgan fingerprint density at radius 2 is 0.840 bits per heavy atom. The molecule has 8 rings (SSSR count). The summed E-state index contributed by atoms with van der Waals surface area (Å²) in [6.07, 6.45) is 0. The molecular weight excluding hydrogens is 632 g/mol. The lowest BCUT2D eigenvalue weighted by Gasteiger charge is -2.21. The van der Waals surface area contributed by atoms with Crippen LogP contribution in [0.15, 0.2) is 151 Å². The topological polar surface area (TPSA) is 113 Å². The zero-order valence-corrected chi connectivity index (χ0v) is 26.8. The normalized spacial score (nSPS) is 12.8. The van der Waals surface area contributed by atoms with Gasteiger partial charge in [0.15, 0.2) is 0 Å². The van der Waals surface area contributed by atoms with E-state index >= 15 is 0 Å². The van der Waals surface area contributed by atoms with Gasteiger partial charge in [-0.15, -0.1) is 0 Å². The molecular formula is C42H26O8. The number of fused-ring (bicyclic) bond motifs is 3. The third-order valence-electron chi connectivity index (χ3n) is 8.68. The molecule has 2 heterocycles. The van der Waals surface area contributed by atoms with Crippen LogP contribution in [0.5, 0.6) is 11.5 Å². The maximum Gasteiger partial charge on any atom is 0.233 e. The smallest absolute Gasteiger partial charge is 0.233 e. The van der Waals surface area contributed by atoms with Gasteiger partial charge in [-0.2, -0.15) is 0 Å². The highest BCUT2D eigenvalue weighted by atomic mass is 16.5. The summed E-state index contributed by atoms with van der Waals surface area (Å²) in [5, 5.41) is 0.652. The molecule has 0 aliphatic heterocycles. The van der Waals surface area contributed by atoms with Gasteiger partial charge < -0.3 is 18.3 Å². The molecule has 8 nitrogen and oxygen atoms in total. The van der Waals surface area contributed by atoms with E-state index < -0.39 is 11.6 Å². The van der Waals surface area contributed by atoms with Crippen LogP contribution in [0, 0.1) is 13.8 Å². The molecule has 0 amide bonds. The summed E-state index contributed by atoms with van der Waals surface area (Å²) in [7, 11) is 0. The minimum absolute atomic E-state index is 0.151. The number of carbonyl (C=O) groups excluding carboxylic acids is 2. The Balaban J connectivity index is 1.20. The first kappa shape index (κ1) is 30.5. The van der Waals surface area contributed by atoms with E-state index in [1.807, 2.05) is 60.7 Å². The molecule has 0 fully saturated rings. The number of hydrogen-bond donors (Lipinski definition) is 0. The Labute approximate surface area is 284 Å². The van der Waals surface area contributed by atoms with Crippen molar-refractivity contribution in [3.8, 4) is 33.8 Å². The summed E-state index contributed by atoms with van der Waals surface area (Å²) in [6, 6.07) is 34.1. The Hall–Kier alpha value is -6.80. The van der Waals surface area contributed by atoms with Gasteiger partial charge in [0.05, 0.1) is 21.9 Å². The summed E-state index contributed by atoms with van der Waals surface area (Å²) in [6.45, 7) is 3.42. The van der Waals surface area contributed by atoms with Gasteiger partial charge >= 0.3 is 0 Å². The van der Waals surface area contributed by atoms with Crippen molar-refractivity contribution >= 4 is 33.5 Å². The van der Waals surface area contributed by atoms with Gasteiger partial charge in [-0.05, 0) is 49.2 Å². The Morgan fingerprint density at radius 3 is 1.24 bits per heavy atom. The number of aryl methyl sites for hydroxylation is 2. The van der Waals surface area contributed by atoms with Crippen molar-refractivity contribution in [2.24, 2.45) is 0 Å². The molecule has 5 aromatic carbocycles. The van der Waals surface area contributed by atoms with Crippen molar-refractivity contribution in [3.05, 3.63) is 176 Å². The maximum absolute atomic E-state index is 13.9. The highest BCUT2D eigenvalue weighted by Crippen LogP contribution is 2.34. The fraction of sp³-hybridized carbons (Fsp3) is 0.0476. The fourth-order valence-corrected chi connectivity index (χ4v) is 6.33. The SMILES string of the molecule is Cc1oc2cc(OC3=C(Oc4ccc5c(=O)c(-c6ccccc6)c(C)oc5c4)C(=O)c4ccccc4C3=O)ccc2c(=O)c1-c1ccccc1. The van der Waals surface area contributed by atoms with Crippen LogP contribution < -0.4 is 20.3 Å². The van der Waals surface area contributed by atoms with Crippen LogP contribution in [0.25, 0.3) is 44.2 Å². The number of hydrogen-bond acceptors (Lipinski definition) is 8. The highest BCUT2D eigenvalue weighted by molar-refractivity contribution is 6.25. The summed E-state index contributed by atoms with van der Waals surface area (Å²) in [5.41, 5.74) is 2.76. The van der Waals surface area contributed by atoms with Crippen LogP contribution in [0.1, 0.15) is 32.2 Å². The molecule has 1 aliphatic rings. The van der Waals surface area contributed by atoms with E-state index in [0.717, 1.165) is 11.1 Å². The number of rotatable bonds is 6. The second-order valence-electron chi connectivity index (χ2n) is 11.8. The Morgan fingerprint density at radius 1 is 0.460 bits per heavy atom. The van der Waals surface area contributed by atoms with Gasteiger partial charge in [0.2, 0.25) is 33.9 Å². The molecule has 8 heteroatoms. The Kier molecular flexibility index (Phi) is 7.34. The van der Waals surface area contributed by atoms with E-state index in [9.17, 15) is 19.2 Å². The van der Waals surface area contributed by atoms with Gasteiger partial charge in [0.1, 0.15) is 34.2 Å². The van der Waals surface area contributed by atoms with Gasteiger partial charge in [-0.25, -0.2) is 0 Å². The monoisotopic (exact) mass is 658 g/mol. The third kappa shape index (κ3) is 5.11. The lowest BCUT2D eigenvalue weighted by Crippen LogP contribution is -2.27. The average molecular weight is 659 g/mol. The molecule has 50 heavy (non-hydrogen) atoms. The molecule has 0 saturated heterocycles. The van der Waals surface area contributed by atoms with Gasteiger partial charge in [-0.3, -0.25) is 19.2 Å². The minimum atomic E-state index is -0.567. The minimum Gasteiger partial charge on any atom is -0.460 e. The summed E-state index contributed by atoms with van der Waals surface area (Å²) in [5.74, 6) is -0.682. The number of allylic oxidation sites excluding steroid dienone is 2. The third-order valence-corrected chi connectivity index (χ3v) is 8.68. The van der Waals surface area contributed by atoms with Crippen LogP contribution in [0.2, 0.25) is 0 Å². The molecule has 2 aromatic heterocycles. The summed E-state index contributed by atoms with van der Waals surface area (Å²) < 4.78 is 24.4. The predicted molar refractivity (Wildman–Crippen MR) is 189 cm³/mol. The van der Waals surface area contributed by atoms with Crippen molar-refractivity contribution in [1.82, 2.24) is 0 Å². The fourth-order valence-electron chi connectivity index (χ4n) is 6.33. The van der Waals surface area contributed by atoms with Crippen molar-refractivity contribution < 1.29 is 27.9 Å². The second-order valence-corrected chi connectivity index (χ2v) is 11.8. The first-order chi connectivity index (χ1) is 24.3. The van der Waals surface area contributed by atoms with Crippen LogP contribution in [0.4, 0.5) is 0 Å². The summed E-state index contributed by atoms with van der Waals surface area (Å²) in [4.78, 5) is 54.7. The number of ketones is 2. The first-order valence-corrected chi connectivity index (χ1v) is 15.8. The first-order valence-electron chi connectivity index (χ1n) is 15.8. The average Bonchev–Trinajstić information content (AvgIpc) is 3.12. The largest absolute Gasteiger partial charge is 0.460 e. The number of ether oxygens (including phenoxy) is 2. The van der Waals surface area contributed by atoms with E-state index in [4.69, 9.17) is 18.3 Å². The number of carbonyl (C=O) groups is 2. The van der Waals surface area contributed by atoms with Crippen LogP contribution >= 0.6 is 0 Å². The molecule has 0 radical (unpaired) electrons. The maximum atomic E-state index is 13.9. The standard InChI is InChI=1S/C42H26O8/c1-23-35(25-11-5-3-6-12-25)37(43)31-19-17-27(21-33(31)47-23)49-41-39(45)29-15-9-10-16-30(29)40(46)42(41)50-28-18-20-32-34(22-28)48-24(2)36(38(32)44)26-13-7-4-8-14-26/h3-22H,1-2H3. The molecule has 0 unspecified atom stereocenters. The van der Waals surface area contributed by atoms with Gasteiger partial charge in [-0.1, -0.05) is 84.9 Å². The lowest BCUT2D eigenvalue weighted by molar-refractivity contribution is 0.0897. The van der Waals surface area contributed by atoms with E-state index in [1.165, 1.54) is 24.3 Å². The van der Waals surface area contributed by atoms with Crippen molar-refractivity contribution in [3.63, 3.8) is 0 Å². The van der Waals surface area contributed by atoms with Gasteiger partial charge in [0, 0.05) is 23.3 Å². The predicted octanol–water partition coefficient (Wildman–Crippen LogP) is 8.60. The molecule has 0 N–H and O–H groups in total. The zero-order valence-electron chi connectivity index (χ0n) is 26.8. The van der Waals surface area contributed by atoms with Crippen LogP contribution in [-0.4, -0.2) is 11.6 Å². The van der Waals surface area contributed by atoms with E-state index in [2.05, 4.69) is 0 Å². The molecule has 7 aromatic rings. The molecule has 0 bridgehead atoms. The van der Waals surface area contributed by atoms with E-state index in [0.29, 0.717) is 33.4 Å². The van der Waals surface area contributed by atoms with Crippen LogP contribution in [-0.2, 0) is 0 Å². The molecule has 0 atom stereocenters. The molecule has 1 aliphatic carbocycles. The molecule has 0 spiro atoms. The quantitative estimate of drug-likeness (QED) is 0.175. The molecule has 242 valence electrons. The lowest BCUT2D eigenvalue weighted by atomic mass is 9.92. The van der Waals surface area contributed by atoms with E-state index in [-0.39, 0.29) is 56.2 Å².